The standard InChI is InChI=1S/C25H25N5O3S/c31-24(28-14-19-13-18-16-29(33)12-10-22(18)34-19)21-8-9-23-27-15-20(25(32)30(21)23)26-11-4-7-17-5-2-1-3-6-17/h1-3,5-6,10,12-13,15-16,21,26H,4,7-9,11,14H2,(H-,28,31,33)/p+1. The van der Waals surface area contributed by atoms with Crippen LogP contribution < -0.4 is 20.9 Å². The molecule has 174 valence electrons. The van der Waals surface area contributed by atoms with Gasteiger partial charge in [0.1, 0.15) is 17.6 Å². The second kappa shape index (κ2) is 9.64. The van der Waals surface area contributed by atoms with Crippen molar-refractivity contribution in [2.75, 3.05) is 11.9 Å². The molecule has 1 unspecified atom stereocenters. The first-order valence-electron chi connectivity index (χ1n) is 11.4. The highest BCUT2D eigenvalue weighted by molar-refractivity contribution is 7.19. The van der Waals surface area contributed by atoms with E-state index in [0.29, 0.717) is 37.4 Å². The van der Waals surface area contributed by atoms with Crippen molar-refractivity contribution in [3.05, 3.63) is 87.7 Å². The minimum Gasteiger partial charge on any atom is -0.379 e. The molecule has 0 bridgehead atoms. The number of carbonyl (C=O) groups excluding carboxylic acids is 1. The molecule has 1 atom stereocenters. The minimum atomic E-state index is -0.560. The number of aromatic nitrogens is 3. The number of benzene rings is 1. The number of fused-ring (bicyclic) bond motifs is 2. The molecule has 1 aliphatic heterocycles. The van der Waals surface area contributed by atoms with Crippen LogP contribution in [0.25, 0.3) is 10.1 Å². The molecule has 1 amide bonds. The third-order valence-corrected chi connectivity index (χ3v) is 7.17. The Morgan fingerprint density at radius 2 is 2.12 bits per heavy atom. The van der Waals surface area contributed by atoms with Crippen LogP contribution in [0, 0.1) is 0 Å². The second-order valence-corrected chi connectivity index (χ2v) is 9.58. The molecule has 9 heteroatoms. The zero-order valence-electron chi connectivity index (χ0n) is 18.6. The van der Waals surface area contributed by atoms with Crippen LogP contribution in [0.1, 0.15) is 35.1 Å². The Kier molecular flexibility index (Phi) is 6.27. The van der Waals surface area contributed by atoms with Gasteiger partial charge in [0.15, 0.2) is 0 Å². The van der Waals surface area contributed by atoms with E-state index in [-0.39, 0.29) is 11.5 Å². The number of pyridine rings is 1. The first kappa shape index (κ1) is 22.1. The van der Waals surface area contributed by atoms with E-state index in [1.165, 1.54) is 10.1 Å². The van der Waals surface area contributed by atoms with Gasteiger partial charge in [-0.15, -0.1) is 11.3 Å². The Morgan fingerprint density at radius 1 is 1.26 bits per heavy atom. The molecule has 0 saturated heterocycles. The maximum absolute atomic E-state index is 13.1. The van der Waals surface area contributed by atoms with Crippen LogP contribution in [0.4, 0.5) is 5.69 Å². The lowest BCUT2D eigenvalue weighted by Gasteiger charge is -2.15. The van der Waals surface area contributed by atoms with Gasteiger partial charge in [0.05, 0.1) is 18.1 Å². The molecule has 4 heterocycles. The average Bonchev–Trinajstić information content (AvgIpc) is 3.46. The van der Waals surface area contributed by atoms with Crippen LogP contribution in [0.5, 0.6) is 0 Å². The number of nitrogens with one attached hydrogen (secondary N) is 2. The lowest BCUT2D eigenvalue weighted by Crippen LogP contribution is -2.36. The van der Waals surface area contributed by atoms with Gasteiger partial charge in [-0.05, 0) is 30.9 Å². The number of amides is 1. The van der Waals surface area contributed by atoms with E-state index in [0.717, 1.165) is 32.5 Å². The molecule has 0 radical (unpaired) electrons. The summed E-state index contributed by atoms with van der Waals surface area (Å²) in [5.41, 5.74) is 1.49. The topological polar surface area (TPSA) is 100 Å². The molecule has 0 aliphatic carbocycles. The maximum atomic E-state index is 13.1. The van der Waals surface area contributed by atoms with Gasteiger partial charge in [-0.25, -0.2) is 4.98 Å². The first-order chi connectivity index (χ1) is 16.6. The summed E-state index contributed by atoms with van der Waals surface area (Å²) in [5, 5.41) is 16.7. The first-order valence-corrected chi connectivity index (χ1v) is 12.2. The fourth-order valence-electron chi connectivity index (χ4n) is 4.35. The van der Waals surface area contributed by atoms with Crippen LogP contribution in [-0.4, -0.2) is 27.2 Å². The van der Waals surface area contributed by atoms with Crippen molar-refractivity contribution < 1.29 is 14.7 Å². The third kappa shape index (κ3) is 4.65. The number of hydrogen-bond acceptors (Lipinski definition) is 6. The number of carbonyl (C=O) groups is 1. The fourth-order valence-corrected chi connectivity index (χ4v) is 5.32. The third-order valence-electron chi connectivity index (χ3n) is 6.06. The summed E-state index contributed by atoms with van der Waals surface area (Å²) >= 11 is 1.56. The zero-order chi connectivity index (χ0) is 23.5. The van der Waals surface area contributed by atoms with Crippen LogP contribution in [0.3, 0.4) is 0 Å². The van der Waals surface area contributed by atoms with Crippen molar-refractivity contribution in [2.45, 2.75) is 38.3 Å². The van der Waals surface area contributed by atoms with E-state index >= 15 is 0 Å². The Bertz CT molecular complexity index is 1380. The van der Waals surface area contributed by atoms with Crippen molar-refractivity contribution in [1.82, 2.24) is 14.9 Å². The smallest absolute Gasteiger partial charge is 0.277 e. The molecule has 8 nitrogen and oxygen atoms in total. The molecular weight excluding hydrogens is 450 g/mol. The molecule has 34 heavy (non-hydrogen) atoms. The SMILES string of the molecule is O=C(NCc1cc2c[n+](O)ccc2s1)C1CCc2ncc(NCCCc3ccccc3)c(=O)n21. The van der Waals surface area contributed by atoms with Crippen molar-refractivity contribution in [3.8, 4) is 0 Å². The summed E-state index contributed by atoms with van der Waals surface area (Å²) in [6.45, 7) is 1.02. The van der Waals surface area contributed by atoms with Crippen LogP contribution >= 0.6 is 11.3 Å². The Labute approximate surface area is 200 Å². The van der Waals surface area contributed by atoms with Gasteiger partial charge in [0, 0.05) is 33.3 Å². The second-order valence-electron chi connectivity index (χ2n) is 8.41. The summed E-state index contributed by atoms with van der Waals surface area (Å²) < 4.78 is 3.58. The highest BCUT2D eigenvalue weighted by Crippen LogP contribution is 2.26. The van der Waals surface area contributed by atoms with E-state index < -0.39 is 6.04 Å². The molecule has 0 spiro atoms. The molecule has 3 N–H and O–H groups in total. The van der Waals surface area contributed by atoms with E-state index in [1.807, 2.05) is 30.3 Å². The zero-order valence-corrected chi connectivity index (χ0v) is 19.4. The highest BCUT2D eigenvalue weighted by Gasteiger charge is 2.31. The number of nitrogens with zero attached hydrogens (tertiary/aromatic N) is 3. The molecule has 3 aromatic heterocycles. The lowest BCUT2D eigenvalue weighted by molar-refractivity contribution is -0.903. The van der Waals surface area contributed by atoms with Crippen molar-refractivity contribution >= 4 is 33.0 Å². The van der Waals surface area contributed by atoms with Gasteiger partial charge in [-0.2, -0.15) is 0 Å². The van der Waals surface area contributed by atoms with Gasteiger partial charge in [0.25, 0.3) is 5.56 Å². The lowest BCUT2D eigenvalue weighted by atomic mass is 10.1. The Morgan fingerprint density at radius 3 is 2.97 bits per heavy atom. The van der Waals surface area contributed by atoms with Gasteiger partial charge in [-0.3, -0.25) is 19.4 Å². The summed E-state index contributed by atoms with van der Waals surface area (Å²) in [4.78, 5) is 31.5. The summed E-state index contributed by atoms with van der Waals surface area (Å²) in [6, 6.07) is 13.4. The average molecular weight is 477 g/mol. The number of aryl methyl sites for hydroxylation is 2. The monoisotopic (exact) mass is 476 g/mol. The van der Waals surface area contributed by atoms with E-state index in [1.54, 1.807) is 29.9 Å². The fraction of sp³-hybridized carbons (Fsp3) is 0.280. The van der Waals surface area contributed by atoms with Crippen LogP contribution in [0.15, 0.2) is 65.8 Å². The Balaban J connectivity index is 1.22. The van der Waals surface area contributed by atoms with E-state index in [9.17, 15) is 14.8 Å². The number of rotatable bonds is 8. The number of anilines is 1. The molecule has 0 saturated carbocycles. The van der Waals surface area contributed by atoms with Gasteiger partial charge in [-0.1, -0.05) is 30.3 Å². The van der Waals surface area contributed by atoms with Crippen molar-refractivity contribution in [1.29, 1.82) is 0 Å². The quantitative estimate of drug-likeness (QED) is 0.206. The summed E-state index contributed by atoms with van der Waals surface area (Å²) in [5.74, 6) is 0.466. The van der Waals surface area contributed by atoms with E-state index in [4.69, 9.17) is 0 Å². The number of thiophene rings is 1. The van der Waals surface area contributed by atoms with Crippen LogP contribution in [-0.2, 0) is 24.2 Å². The van der Waals surface area contributed by atoms with Gasteiger partial charge >= 0.3 is 0 Å². The molecular formula is C25H26N5O3S+. The summed E-state index contributed by atoms with van der Waals surface area (Å²) in [6.07, 6.45) is 7.76. The predicted octanol–water partition coefficient (Wildman–Crippen LogP) is 2.83. The normalized spacial score (nSPS) is 14.8. The summed E-state index contributed by atoms with van der Waals surface area (Å²) in [7, 11) is 0. The maximum Gasteiger partial charge on any atom is 0.277 e. The molecule has 5 rings (SSSR count). The Hall–Kier alpha value is -3.72. The predicted molar refractivity (Wildman–Crippen MR) is 130 cm³/mol. The highest BCUT2D eigenvalue weighted by atomic mass is 32.1. The van der Waals surface area contributed by atoms with E-state index in [2.05, 4.69) is 27.8 Å². The largest absolute Gasteiger partial charge is 0.379 e. The minimum absolute atomic E-state index is 0.182. The molecule has 1 aliphatic rings. The van der Waals surface area contributed by atoms with Gasteiger partial charge < -0.3 is 10.6 Å². The van der Waals surface area contributed by atoms with Crippen LogP contribution in [0.2, 0.25) is 0 Å². The number of hydrogen-bond donors (Lipinski definition) is 3. The molecule has 0 fully saturated rings. The molecule has 4 aromatic rings. The van der Waals surface area contributed by atoms with Gasteiger partial charge in [0.2, 0.25) is 18.3 Å². The molecule has 1 aromatic carbocycles. The van der Waals surface area contributed by atoms with Crippen molar-refractivity contribution in [3.63, 3.8) is 0 Å². The van der Waals surface area contributed by atoms with Crippen molar-refractivity contribution in [2.24, 2.45) is 0 Å².